The molecule has 0 fully saturated rings. The molecule has 1 N–H and O–H groups in total. The molecular weight excluding hydrogens is 226 g/mol. The lowest BCUT2D eigenvalue weighted by Crippen LogP contribution is -2.25. The molecule has 0 aliphatic rings. The van der Waals surface area contributed by atoms with Gasteiger partial charge in [0.1, 0.15) is 0 Å². The quantitative estimate of drug-likeness (QED) is 0.684. The van der Waals surface area contributed by atoms with Gasteiger partial charge in [0.25, 0.3) is 0 Å². The van der Waals surface area contributed by atoms with Crippen molar-refractivity contribution in [3.05, 3.63) is 17.5 Å². The first-order valence-corrected chi connectivity index (χ1v) is 6.90. The Labute approximate surface area is 111 Å². The zero-order valence-electron chi connectivity index (χ0n) is 12.2. The molecule has 4 nitrogen and oxygen atoms in total. The van der Waals surface area contributed by atoms with Crippen molar-refractivity contribution >= 4 is 0 Å². The van der Waals surface area contributed by atoms with Crippen molar-refractivity contribution in [2.24, 2.45) is 5.92 Å². The molecular formula is C14H27N3O. The van der Waals surface area contributed by atoms with Gasteiger partial charge >= 0.3 is 0 Å². The average molecular weight is 253 g/mol. The van der Waals surface area contributed by atoms with Crippen LogP contribution in [0.2, 0.25) is 0 Å². The topological polar surface area (TPSA) is 39.1 Å². The third-order valence-electron chi connectivity index (χ3n) is 3.15. The van der Waals surface area contributed by atoms with Gasteiger partial charge in [-0.15, -0.1) is 0 Å². The predicted octanol–water partition coefficient (Wildman–Crippen LogP) is 2.02. The van der Waals surface area contributed by atoms with Crippen molar-refractivity contribution < 1.29 is 4.74 Å². The Morgan fingerprint density at radius 2 is 2.28 bits per heavy atom. The fourth-order valence-electron chi connectivity index (χ4n) is 2.09. The Balaban J connectivity index is 2.26. The maximum Gasteiger partial charge on any atom is 0.0596 e. The minimum absolute atomic E-state index is 0.683. The monoisotopic (exact) mass is 253 g/mol. The highest BCUT2D eigenvalue weighted by atomic mass is 16.5. The van der Waals surface area contributed by atoms with Gasteiger partial charge < -0.3 is 10.1 Å². The van der Waals surface area contributed by atoms with E-state index >= 15 is 0 Å². The van der Waals surface area contributed by atoms with E-state index in [4.69, 9.17) is 4.74 Å². The summed E-state index contributed by atoms with van der Waals surface area (Å²) >= 11 is 0. The Morgan fingerprint density at radius 1 is 1.50 bits per heavy atom. The summed E-state index contributed by atoms with van der Waals surface area (Å²) in [5, 5.41) is 7.89. The van der Waals surface area contributed by atoms with Crippen LogP contribution in [0.15, 0.2) is 6.07 Å². The number of rotatable bonds is 9. The maximum absolute atomic E-state index is 5.01. The molecule has 1 unspecified atom stereocenters. The molecule has 0 saturated heterocycles. The van der Waals surface area contributed by atoms with Crippen LogP contribution < -0.4 is 5.32 Å². The average Bonchev–Trinajstić information content (AvgIpc) is 2.72. The molecule has 0 aromatic carbocycles. The van der Waals surface area contributed by atoms with Crippen LogP contribution in [0.3, 0.4) is 0 Å². The molecule has 0 radical (unpaired) electrons. The van der Waals surface area contributed by atoms with Crippen molar-refractivity contribution in [1.82, 2.24) is 15.1 Å². The molecule has 0 amide bonds. The fraction of sp³-hybridized carbons (Fsp3) is 0.786. The van der Waals surface area contributed by atoms with Gasteiger partial charge in [0, 0.05) is 25.9 Å². The van der Waals surface area contributed by atoms with E-state index in [0.717, 1.165) is 38.4 Å². The second-order valence-electron chi connectivity index (χ2n) is 4.93. The van der Waals surface area contributed by atoms with E-state index in [-0.39, 0.29) is 0 Å². The largest absolute Gasteiger partial charge is 0.383 e. The molecule has 0 aliphatic heterocycles. The first kappa shape index (κ1) is 15.2. The van der Waals surface area contributed by atoms with Crippen LogP contribution in [0.4, 0.5) is 0 Å². The lowest BCUT2D eigenvalue weighted by Gasteiger charge is -2.12. The first-order chi connectivity index (χ1) is 8.67. The molecule has 0 aliphatic carbocycles. The molecule has 1 atom stereocenters. The zero-order valence-corrected chi connectivity index (χ0v) is 12.2. The number of methoxy groups -OCH3 is 1. The SMILES string of the molecule is CCn1nc(C)cc1CCC(C)CNCCOC. The third-order valence-corrected chi connectivity index (χ3v) is 3.15. The van der Waals surface area contributed by atoms with Gasteiger partial charge in [-0.25, -0.2) is 0 Å². The second kappa shape index (κ2) is 8.27. The number of ether oxygens (including phenoxy) is 1. The number of nitrogens with zero attached hydrogens (tertiary/aromatic N) is 2. The molecule has 104 valence electrons. The Hall–Kier alpha value is -0.870. The van der Waals surface area contributed by atoms with Gasteiger partial charge in [-0.1, -0.05) is 6.92 Å². The van der Waals surface area contributed by atoms with Gasteiger partial charge in [-0.3, -0.25) is 4.68 Å². The van der Waals surface area contributed by atoms with Crippen LogP contribution in [-0.4, -0.2) is 36.6 Å². The number of aromatic nitrogens is 2. The van der Waals surface area contributed by atoms with Crippen LogP contribution in [0.1, 0.15) is 31.7 Å². The molecule has 18 heavy (non-hydrogen) atoms. The van der Waals surface area contributed by atoms with Gasteiger partial charge in [0.2, 0.25) is 0 Å². The molecule has 1 rings (SSSR count). The van der Waals surface area contributed by atoms with E-state index in [1.807, 2.05) is 0 Å². The van der Waals surface area contributed by atoms with E-state index in [9.17, 15) is 0 Å². The number of hydrogen-bond acceptors (Lipinski definition) is 3. The summed E-state index contributed by atoms with van der Waals surface area (Å²) in [6.45, 7) is 10.2. The lowest BCUT2D eigenvalue weighted by molar-refractivity contribution is 0.198. The predicted molar refractivity (Wildman–Crippen MR) is 74.9 cm³/mol. The highest BCUT2D eigenvalue weighted by Crippen LogP contribution is 2.11. The summed E-state index contributed by atoms with van der Waals surface area (Å²) in [7, 11) is 1.74. The van der Waals surface area contributed by atoms with Crippen molar-refractivity contribution in [3.8, 4) is 0 Å². The van der Waals surface area contributed by atoms with E-state index in [1.165, 1.54) is 12.1 Å². The van der Waals surface area contributed by atoms with Crippen LogP contribution in [0.5, 0.6) is 0 Å². The number of nitrogens with one attached hydrogen (secondary N) is 1. The maximum atomic E-state index is 5.01. The molecule has 0 saturated carbocycles. The number of aryl methyl sites for hydroxylation is 3. The first-order valence-electron chi connectivity index (χ1n) is 6.90. The van der Waals surface area contributed by atoms with Crippen molar-refractivity contribution in [2.45, 2.75) is 40.2 Å². The summed E-state index contributed by atoms with van der Waals surface area (Å²) < 4.78 is 7.12. The molecule has 1 heterocycles. The van der Waals surface area contributed by atoms with Crippen molar-refractivity contribution in [2.75, 3.05) is 26.8 Å². The summed E-state index contributed by atoms with van der Waals surface area (Å²) in [4.78, 5) is 0. The standard InChI is InChI=1S/C14H27N3O/c1-5-17-14(10-13(3)16-17)7-6-12(2)11-15-8-9-18-4/h10,12,15H,5-9,11H2,1-4H3. The zero-order chi connectivity index (χ0) is 13.4. The van der Waals surface area contributed by atoms with Gasteiger partial charge in [-0.05, 0) is 45.2 Å². The summed E-state index contributed by atoms with van der Waals surface area (Å²) in [6, 6.07) is 2.20. The van der Waals surface area contributed by atoms with Gasteiger partial charge in [-0.2, -0.15) is 5.10 Å². The summed E-state index contributed by atoms with van der Waals surface area (Å²) in [6.07, 6.45) is 2.31. The second-order valence-corrected chi connectivity index (χ2v) is 4.93. The normalized spacial score (nSPS) is 12.9. The third kappa shape index (κ3) is 5.19. The molecule has 0 spiro atoms. The van der Waals surface area contributed by atoms with E-state index in [2.05, 4.69) is 41.9 Å². The van der Waals surface area contributed by atoms with E-state index in [0.29, 0.717) is 5.92 Å². The highest BCUT2D eigenvalue weighted by molar-refractivity contribution is 5.09. The van der Waals surface area contributed by atoms with Crippen LogP contribution in [-0.2, 0) is 17.7 Å². The smallest absolute Gasteiger partial charge is 0.0596 e. The summed E-state index contributed by atoms with van der Waals surface area (Å²) in [5.41, 5.74) is 2.48. The van der Waals surface area contributed by atoms with Crippen molar-refractivity contribution in [3.63, 3.8) is 0 Å². The van der Waals surface area contributed by atoms with Crippen LogP contribution in [0, 0.1) is 12.8 Å². The Bertz CT molecular complexity index is 336. The fourth-order valence-corrected chi connectivity index (χ4v) is 2.09. The molecule has 0 bridgehead atoms. The van der Waals surface area contributed by atoms with Gasteiger partial charge in [0.15, 0.2) is 0 Å². The Kier molecular flexibility index (Phi) is 6.98. The lowest BCUT2D eigenvalue weighted by atomic mass is 10.0. The van der Waals surface area contributed by atoms with Gasteiger partial charge in [0.05, 0.1) is 12.3 Å². The molecule has 1 aromatic rings. The molecule has 4 heteroatoms. The van der Waals surface area contributed by atoms with Crippen LogP contribution in [0.25, 0.3) is 0 Å². The Morgan fingerprint density at radius 3 is 2.94 bits per heavy atom. The van der Waals surface area contributed by atoms with Crippen LogP contribution >= 0.6 is 0 Å². The van der Waals surface area contributed by atoms with Crippen molar-refractivity contribution in [1.29, 1.82) is 0 Å². The minimum Gasteiger partial charge on any atom is -0.383 e. The van der Waals surface area contributed by atoms with E-state index in [1.54, 1.807) is 7.11 Å². The minimum atomic E-state index is 0.683. The highest BCUT2D eigenvalue weighted by Gasteiger charge is 2.07. The van der Waals surface area contributed by atoms with E-state index < -0.39 is 0 Å². The molecule has 1 aromatic heterocycles. The number of hydrogen-bond donors (Lipinski definition) is 1. The summed E-state index contributed by atoms with van der Waals surface area (Å²) in [5.74, 6) is 0.683.